The van der Waals surface area contributed by atoms with Gasteiger partial charge in [-0.05, 0) is 31.7 Å². The Labute approximate surface area is 175 Å². The zero-order valence-corrected chi connectivity index (χ0v) is 16.8. The summed E-state index contributed by atoms with van der Waals surface area (Å²) in [5.74, 6) is 1.18. The molecule has 9 nitrogen and oxygen atoms in total. The Morgan fingerprint density at radius 1 is 1.23 bits per heavy atom. The molecule has 1 fully saturated rings. The maximum Gasteiger partial charge on any atom is 0.158 e. The van der Waals surface area contributed by atoms with Gasteiger partial charge in [0.1, 0.15) is 24.0 Å². The Morgan fingerprint density at radius 3 is 2.87 bits per heavy atom. The standard InChI is InChI=1S/C21H24N8O/c1-27(7-8-30)19-5-6-28(13-19)17-3-2-4-18(9-17)29-14-21(25-15-29)26-20-12-23-16(10-22)11-24-20/h2-4,9,11-12,14-15,19,30H,5-8,13H2,1H3,(H,24,26). The number of aromatic nitrogens is 4. The summed E-state index contributed by atoms with van der Waals surface area (Å²) in [5, 5.41) is 21.1. The van der Waals surface area contributed by atoms with Crippen molar-refractivity contribution in [2.75, 3.05) is 43.5 Å². The Kier molecular flexibility index (Phi) is 5.88. The van der Waals surface area contributed by atoms with Crippen LogP contribution in [0.15, 0.2) is 49.2 Å². The van der Waals surface area contributed by atoms with Gasteiger partial charge in [0.25, 0.3) is 0 Å². The molecule has 0 radical (unpaired) electrons. The molecule has 4 rings (SSSR count). The molecular formula is C21H24N8O. The van der Waals surface area contributed by atoms with E-state index < -0.39 is 0 Å². The molecule has 3 heterocycles. The van der Waals surface area contributed by atoms with Crippen molar-refractivity contribution < 1.29 is 5.11 Å². The van der Waals surface area contributed by atoms with Gasteiger partial charge >= 0.3 is 0 Å². The highest BCUT2D eigenvalue weighted by molar-refractivity contribution is 5.56. The number of hydrogen-bond acceptors (Lipinski definition) is 8. The first-order valence-corrected chi connectivity index (χ1v) is 9.86. The van der Waals surface area contributed by atoms with Crippen molar-refractivity contribution in [1.82, 2.24) is 24.4 Å². The third kappa shape index (κ3) is 4.40. The highest BCUT2D eigenvalue weighted by atomic mass is 16.3. The van der Waals surface area contributed by atoms with Crippen LogP contribution < -0.4 is 10.2 Å². The zero-order valence-electron chi connectivity index (χ0n) is 16.8. The van der Waals surface area contributed by atoms with Crippen LogP contribution in [0, 0.1) is 11.3 Å². The highest BCUT2D eigenvalue weighted by Crippen LogP contribution is 2.25. The molecule has 2 N–H and O–H groups in total. The van der Waals surface area contributed by atoms with Gasteiger partial charge in [-0.15, -0.1) is 0 Å². The fourth-order valence-electron chi connectivity index (χ4n) is 3.64. The Balaban J connectivity index is 1.45. The zero-order chi connectivity index (χ0) is 20.9. The lowest BCUT2D eigenvalue weighted by atomic mass is 10.2. The van der Waals surface area contributed by atoms with Crippen LogP contribution in [0.2, 0.25) is 0 Å². The van der Waals surface area contributed by atoms with Crippen LogP contribution in [-0.4, -0.2) is 68.9 Å². The summed E-state index contributed by atoms with van der Waals surface area (Å²) in [4.78, 5) is 17.2. The second kappa shape index (κ2) is 8.90. The molecule has 2 aromatic heterocycles. The number of aliphatic hydroxyl groups excluding tert-OH is 1. The van der Waals surface area contributed by atoms with Crippen molar-refractivity contribution in [3.63, 3.8) is 0 Å². The van der Waals surface area contributed by atoms with Gasteiger partial charge < -0.3 is 19.9 Å². The normalized spacial score (nSPS) is 16.1. The minimum atomic E-state index is 0.188. The molecule has 0 amide bonds. The lowest BCUT2D eigenvalue weighted by Gasteiger charge is -2.24. The number of nitrogens with zero attached hydrogens (tertiary/aromatic N) is 7. The third-order valence-electron chi connectivity index (χ3n) is 5.34. The molecule has 1 aliphatic heterocycles. The first kappa shape index (κ1) is 19.8. The van der Waals surface area contributed by atoms with E-state index in [1.807, 2.05) is 22.9 Å². The first-order chi connectivity index (χ1) is 14.7. The van der Waals surface area contributed by atoms with Gasteiger partial charge in [-0.2, -0.15) is 5.26 Å². The van der Waals surface area contributed by atoms with Crippen LogP contribution in [0.3, 0.4) is 0 Å². The molecule has 1 unspecified atom stereocenters. The predicted octanol–water partition coefficient (Wildman–Crippen LogP) is 1.78. The Bertz CT molecular complexity index is 1030. The molecule has 154 valence electrons. The predicted molar refractivity (Wildman–Crippen MR) is 114 cm³/mol. The van der Waals surface area contributed by atoms with Crippen molar-refractivity contribution in [2.24, 2.45) is 0 Å². The molecule has 0 saturated carbocycles. The number of nitriles is 1. The van der Waals surface area contributed by atoms with Crippen LogP contribution in [-0.2, 0) is 0 Å². The SMILES string of the molecule is CN(CCO)C1CCN(c2cccc(-n3cnc(Nc4cnc(C#N)cn4)c3)c2)C1. The van der Waals surface area contributed by atoms with Crippen LogP contribution >= 0.6 is 0 Å². The lowest BCUT2D eigenvalue weighted by Crippen LogP contribution is -2.36. The van der Waals surface area contributed by atoms with Gasteiger partial charge in [-0.1, -0.05) is 6.07 Å². The third-order valence-corrected chi connectivity index (χ3v) is 5.34. The minimum Gasteiger partial charge on any atom is -0.395 e. The van der Waals surface area contributed by atoms with Crippen LogP contribution in [0.25, 0.3) is 5.69 Å². The van der Waals surface area contributed by atoms with E-state index in [0.29, 0.717) is 24.2 Å². The lowest BCUT2D eigenvalue weighted by molar-refractivity contribution is 0.188. The second-order valence-electron chi connectivity index (χ2n) is 7.30. The summed E-state index contributed by atoms with van der Waals surface area (Å²) in [6.45, 7) is 2.84. The van der Waals surface area contributed by atoms with Crippen molar-refractivity contribution in [2.45, 2.75) is 12.5 Å². The molecule has 3 aromatic rings. The summed E-state index contributed by atoms with van der Waals surface area (Å²) >= 11 is 0. The Hall–Kier alpha value is -3.48. The average Bonchev–Trinajstić information content (AvgIpc) is 3.45. The number of rotatable bonds is 7. The topological polar surface area (TPSA) is 106 Å². The molecule has 1 saturated heterocycles. The molecule has 0 aliphatic carbocycles. The van der Waals surface area contributed by atoms with Gasteiger partial charge in [0.2, 0.25) is 0 Å². The van der Waals surface area contributed by atoms with Crippen LogP contribution in [0.5, 0.6) is 0 Å². The Morgan fingerprint density at radius 2 is 2.10 bits per heavy atom. The molecule has 1 aliphatic rings. The van der Waals surface area contributed by atoms with E-state index in [-0.39, 0.29) is 12.3 Å². The highest BCUT2D eigenvalue weighted by Gasteiger charge is 2.25. The van der Waals surface area contributed by atoms with E-state index in [4.69, 9.17) is 5.26 Å². The summed E-state index contributed by atoms with van der Waals surface area (Å²) in [7, 11) is 2.07. The molecule has 1 aromatic carbocycles. The monoisotopic (exact) mass is 404 g/mol. The number of aliphatic hydroxyl groups is 1. The number of benzene rings is 1. The average molecular weight is 404 g/mol. The number of likely N-dealkylation sites (N-methyl/N-ethyl adjacent to an activating group) is 1. The van der Waals surface area contributed by atoms with Crippen molar-refractivity contribution in [1.29, 1.82) is 5.26 Å². The second-order valence-corrected chi connectivity index (χ2v) is 7.30. The van der Waals surface area contributed by atoms with Crippen molar-refractivity contribution in [3.05, 3.63) is 54.9 Å². The van der Waals surface area contributed by atoms with Crippen molar-refractivity contribution >= 4 is 17.3 Å². The van der Waals surface area contributed by atoms with Gasteiger partial charge in [0, 0.05) is 37.1 Å². The van der Waals surface area contributed by atoms with Gasteiger partial charge in [-0.25, -0.2) is 15.0 Å². The van der Waals surface area contributed by atoms with E-state index in [0.717, 1.165) is 25.2 Å². The quantitative estimate of drug-likeness (QED) is 0.614. The van der Waals surface area contributed by atoms with Crippen LogP contribution in [0.1, 0.15) is 12.1 Å². The van der Waals surface area contributed by atoms with E-state index >= 15 is 0 Å². The summed E-state index contributed by atoms with van der Waals surface area (Å²) in [6, 6.07) is 10.8. The van der Waals surface area contributed by atoms with E-state index in [9.17, 15) is 5.11 Å². The number of imidazole rings is 1. The fourth-order valence-corrected chi connectivity index (χ4v) is 3.64. The maximum absolute atomic E-state index is 9.17. The number of nitrogens with one attached hydrogen (secondary N) is 1. The molecule has 0 bridgehead atoms. The molecule has 1 atom stereocenters. The van der Waals surface area contributed by atoms with E-state index in [2.05, 4.69) is 55.3 Å². The molecular weight excluding hydrogens is 380 g/mol. The summed E-state index contributed by atoms with van der Waals surface area (Å²) in [5.41, 5.74) is 2.47. The fraction of sp³-hybridized carbons (Fsp3) is 0.333. The van der Waals surface area contributed by atoms with E-state index in [1.165, 1.54) is 18.1 Å². The summed E-state index contributed by atoms with van der Waals surface area (Å²) < 4.78 is 1.95. The number of hydrogen-bond donors (Lipinski definition) is 2. The molecule has 0 spiro atoms. The first-order valence-electron chi connectivity index (χ1n) is 9.86. The largest absolute Gasteiger partial charge is 0.395 e. The minimum absolute atomic E-state index is 0.188. The molecule has 9 heteroatoms. The summed E-state index contributed by atoms with van der Waals surface area (Å²) in [6.07, 6.45) is 7.66. The number of anilines is 3. The van der Waals surface area contributed by atoms with E-state index in [1.54, 1.807) is 6.33 Å². The maximum atomic E-state index is 9.17. The van der Waals surface area contributed by atoms with Gasteiger partial charge in [0.05, 0.1) is 25.2 Å². The molecule has 30 heavy (non-hydrogen) atoms. The smallest absolute Gasteiger partial charge is 0.158 e. The van der Waals surface area contributed by atoms with Crippen LogP contribution in [0.4, 0.5) is 17.3 Å². The van der Waals surface area contributed by atoms with Gasteiger partial charge in [-0.3, -0.25) is 4.90 Å². The van der Waals surface area contributed by atoms with Crippen molar-refractivity contribution in [3.8, 4) is 11.8 Å². The van der Waals surface area contributed by atoms with Gasteiger partial charge in [0.15, 0.2) is 5.69 Å².